The van der Waals surface area contributed by atoms with Crippen LogP contribution in [0.4, 0.5) is 10.5 Å². The van der Waals surface area contributed by atoms with E-state index in [1.807, 2.05) is 31.2 Å². The summed E-state index contributed by atoms with van der Waals surface area (Å²) < 4.78 is 5.82. The molecule has 0 bridgehead atoms. The van der Waals surface area contributed by atoms with E-state index in [4.69, 9.17) is 16.3 Å². The molecule has 3 rings (SSSR count). The molecule has 146 valence electrons. The van der Waals surface area contributed by atoms with Gasteiger partial charge >= 0.3 is 6.03 Å². The van der Waals surface area contributed by atoms with Gasteiger partial charge in [0.2, 0.25) is 5.91 Å². The second kappa shape index (κ2) is 8.80. The quantitative estimate of drug-likeness (QED) is 0.679. The summed E-state index contributed by atoms with van der Waals surface area (Å²) in [5.74, 6) is -0.414. The Balaban J connectivity index is 1.92. The van der Waals surface area contributed by atoms with Crippen molar-refractivity contribution >= 4 is 29.2 Å². The van der Waals surface area contributed by atoms with Crippen LogP contribution in [0.1, 0.15) is 24.9 Å². The van der Waals surface area contributed by atoms with E-state index in [9.17, 15) is 9.59 Å². The summed E-state index contributed by atoms with van der Waals surface area (Å²) in [4.78, 5) is 25.1. The van der Waals surface area contributed by atoms with Gasteiger partial charge in [-0.05, 0) is 30.7 Å². The highest BCUT2D eigenvalue weighted by molar-refractivity contribution is 6.30. The van der Waals surface area contributed by atoms with Gasteiger partial charge in [-0.15, -0.1) is 0 Å². The number of benzene rings is 2. The largest absolute Gasteiger partial charge is 0.493 e. The number of urea groups is 1. The van der Waals surface area contributed by atoms with Crippen molar-refractivity contribution in [2.24, 2.45) is 5.92 Å². The van der Waals surface area contributed by atoms with Crippen molar-refractivity contribution in [3.05, 3.63) is 71.4 Å². The Kier molecular flexibility index (Phi) is 6.21. The summed E-state index contributed by atoms with van der Waals surface area (Å²) in [7, 11) is 0. The molecule has 1 aliphatic heterocycles. The lowest BCUT2D eigenvalue weighted by Gasteiger charge is -2.34. The molecule has 2 aromatic rings. The minimum absolute atomic E-state index is 0.310. The molecule has 1 fully saturated rings. The minimum Gasteiger partial charge on any atom is -0.493 e. The number of amides is 3. The summed E-state index contributed by atoms with van der Waals surface area (Å²) >= 11 is 6.00. The van der Waals surface area contributed by atoms with E-state index in [-0.39, 0.29) is 5.91 Å². The summed E-state index contributed by atoms with van der Waals surface area (Å²) in [6, 6.07) is 13.2. The first-order valence-electron chi connectivity index (χ1n) is 9.04. The van der Waals surface area contributed by atoms with Crippen molar-refractivity contribution in [3.8, 4) is 5.75 Å². The molecule has 0 saturated carbocycles. The zero-order valence-corrected chi connectivity index (χ0v) is 16.3. The number of ether oxygens (including phenoxy) is 1. The van der Waals surface area contributed by atoms with Crippen LogP contribution >= 0.6 is 11.6 Å². The van der Waals surface area contributed by atoms with Crippen LogP contribution < -0.4 is 20.7 Å². The number of para-hydroxylation sites is 1. The smallest absolute Gasteiger partial charge is 0.319 e. The van der Waals surface area contributed by atoms with Crippen molar-refractivity contribution in [3.63, 3.8) is 0 Å². The molecule has 1 aliphatic rings. The van der Waals surface area contributed by atoms with Crippen molar-refractivity contribution in [2.45, 2.75) is 19.4 Å². The third-order valence-electron chi connectivity index (χ3n) is 4.36. The molecule has 0 aromatic heterocycles. The maximum atomic E-state index is 13.1. The summed E-state index contributed by atoms with van der Waals surface area (Å²) in [6.07, 6.45) is 0.846. The average molecular weight is 400 g/mol. The average Bonchev–Trinajstić information content (AvgIpc) is 2.66. The van der Waals surface area contributed by atoms with Crippen LogP contribution in [0.5, 0.6) is 5.75 Å². The van der Waals surface area contributed by atoms with Crippen LogP contribution in [-0.4, -0.2) is 18.5 Å². The Bertz CT molecular complexity index is 900. The molecule has 0 radical (unpaired) electrons. The molecule has 1 heterocycles. The predicted octanol–water partition coefficient (Wildman–Crippen LogP) is 4.25. The first kappa shape index (κ1) is 19.8. The van der Waals surface area contributed by atoms with Gasteiger partial charge in [0.15, 0.2) is 0 Å². The fourth-order valence-corrected chi connectivity index (χ4v) is 3.31. The summed E-state index contributed by atoms with van der Waals surface area (Å²) in [5.41, 5.74) is 1.60. The number of rotatable bonds is 6. The van der Waals surface area contributed by atoms with E-state index in [2.05, 4.69) is 22.5 Å². The molecule has 6 nitrogen and oxygen atoms in total. The first-order valence-corrected chi connectivity index (χ1v) is 9.42. The Labute approximate surface area is 168 Å². The lowest BCUT2D eigenvalue weighted by Crippen LogP contribution is -2.51. The van der Waals surface area contributed by atoms with E-state index in [0.717, 1.165) is 12.0 Å². The molecular weight excluding hydrogens is 378 g/mol. The highest BCUT2D eigenvalue weighted by atomic mass is 35.5. The van der Waals surface area contributed by atoms with Crippen molar-refractivity contribution in [1.29, 1.82) is 0 Å². The topological polar surface area (TPSA) is 79.5 Å². The summed E-state index contributed by atoms with van der Waals surface area (Å²) in [6.45, 7) is 6.44. The zero-order valence-electron chi connectivity index (χ0n) is 15.5. The standard InChI is InChI=1S/C21H22ClN3O3/c1-3-11-28-17-10-5-4-9-16(17)19-18(13(2)23-21(27)25-19)20(26)24-15-8-6-7-14(22)12-15/h4-10,12,18-19H,2-3,11H2,1H3,(H,24,26)(H2,23,25,27)/t18-,19-/m0/s1. The molecule has 0 spiro atoms. The molecule has 0 unspecified atom stereocenters. The SMILES string of the molecule is C=C1NC(=O)N[C@@H](c2ccccc2OCCC)[C@H]1C(=O)Nc1cccc(Cl)c1. The van der Waals surface area contributed by atoms with E-state index < -0.39 is 18.0 Å². The van der Waals surface area contributed by atoms with Crippen molar-refractivity contribution in [2.75, 3.05) is 11.9 Å². The predicted molar refractivity (Wildman–Crippen MR) is 109 cm³/mol. The summed E-state index contributed by atoms with van der Waals surface area (Å²) in [5, 5.41) is 8.79. The number of hydrogen-bond donors (Lipinski definition) is 3. The van der Waals surface area contributed by atoms with Gasteiger partial charge in [-0.3, -0.25) is 4.79 Å². The number of nitrogens with one attached hydrogen (secondary N) is 3. The van der Waals surface area contributed by atoms with Gasteiger partial charge < -0.3 is 20.7 Å². The maximum absolute atomic E-state index is 13.1. The zero-order chi connectivity index (χ0) is 20.1. The van der Waals surface area contributed by atoms with Gasteiger partial charge in [0.25, 0.3) is 0 Å². The van der Waals surface area contributed by atoms with E-state index in [1.165, 1.54) is 0 Å². The Morgan fingerprint density at radius 2 is 2.04 bits per heavy atom. The second-order valence-corrected chi connectivity index (χ2v) is 6.90. The molecule has 3 amide bonds. The molecule has 28 heavy (non-hydrogen) atoms. The maximum Gasteiger partial charge on any atom is 0.319 e. The van der Waals surface area contributed by atoms with Crippen LogP contribution in [0.25, 0.3) is 0 Å². The van der Waals surface area contributed by atoms with Gasteiger partial charge in [-0.1, -0.05) is 49.4 Å². The molecule has 2 aromatic carbocycles. The highest BCUT2D eigenvalue weighted by Crippen LogP contribution is 2.35. The first-order chi connectivity index (χ1) is 13.5. The second-order valence-electron chi connectivity index (χ2n) is 6.46. The molecule has 2 atom stereocenters. The van der Waals surface area contributed by atoms with E-state index in [1.54, 1.807) is 24.3 Å². The minimum atomic E-state index is -0.733. The van der Waals surface area contributed by atoms with Crippen LogP contribution in [0, 0.1) is 5.92 Å². The van der Waals surface area contributed by atoms with Crippen LogP contribution in [0.2, 0.25) is 5.02 Å². The monoisotopic (exact) mass is 399 g/mol. The number of carbonyl (C=O) groups is 2. The highest BCUT2D eigenvalue weighted by Gasteiger charge is 2.39. The fourth-order valence-electron chi connectivity index (χ4n) is 3.12. The number of anilines is 1. The van der Waals surface area contributed by atoms with Gasteiger partial charge in [0.1, 0.15) is 11.7 Å². The van der Waals surface area contributed by atoms with Crippen LogP contribution in [-0.2, 0) is 4.79 Å². The Morgan fingerprint density at radius 1 is 1.25 bits per heavy atom. The fraction of sp³-hybridized carbons (Fsp3) is 0.238. The van der Waals surface area contributed by atoms with Gasteiger partial charge in [-0.25, -0.2) is 4.79 Å². The lowest BCUT2D eigenvalue weighted by molar-refractivity contribution is -0.119. The number of carbonyl (C=O) groups excluding carboxylic acids is 2. The Morgan fingerprint density at radius 3 is 2.79 bits per heavy atom. The molecule has 1 saturated heterocycles. The molecule has 7 heteroatoms. The van der Waals surface area contributed by atoms with Crippen molar-refractivity contribution in [1.82, 2.24) is 10.6 Å². The van der Waals surface area contributed by atoms with Crippen LogP contribution in [0.15, 0.2) is 60.8 Å². The molecule has 3 N–H and O–H groups in total. The normalized spacial score (nSPS) is 18.8. The van der Waals surface area contributed by atoms with Crippen LogP contribution in [0.3, 0.4) is 0 Å². The Hall–Kier alpha value is -2.99. The lowest BCUT2D eigenvalue weighted by atomic mass is 9.87. The number of halogens is 1. The molecular formula is C21H22ClN3O3. The third kappa shape index (κ3) is 4.46. The van der Waals surface area contributed by atoms with Crippen molar-refractivity contribution < 1.29 is 14.3 Å². The molecule has 0 aliphatic carbocycles. The van der Waals surface area contributed by atoms with Gasteiger partial charge in [0, 0.05) is 22.0 Å². The van der Waals surface area contributed by atoms with E-state index in [0.29, 0.717) is 28.8 Å². The number of hydrogen-bond acceptors (Lipinski definition) is 3. The van der Waals surface area contributed by atoms with Gasteiger partial charge in [0.05, 0.1) is 12.6 Å². The third-order valence-corrected chi connectivity index (χ3v) is 4.59. The van der Waals surface area contributed by atoms with E-state index >= 15 is 0 Å². The van der Waals surface area contributed by atoms with Gasteiger partial charge in [-0.2, -0.15) is 0 Å².